The topological polar surface area (TPSA) is 90.6 Å². The van der Waals surface area contributed by atoms with E-state index in [2.05, 4.69) is 20.3 Å². The Balaban J connectivity index is 1.63. The lowest BCUT2D eigenvalue weighted by Crippen LogP contribution is -2.17. The van der Waals surface area contributed by atoms with E-state index in [0.717, 1.165) is 0 Å². The van der Waals surface area contributed by atoms with Gasteiger partial charge in [0.15, 0.2) is 0 Å². The average Bonchev–Trinajstić information content (AvgIpc) is 3.05. The maximum Gasteiger partial charge on any atom is 0.272 e. The number of rotatable bonds is 3. The molecule has 0 saturated carbocycles. The maximum atomic E-state index is 13.4. The van der Waals surface area contributed by atoms with Gasteiger partial charge in [0.25, 0.3) is 5.91 Å². The molecule has 6 nitrogen and oxygen atoms in total. The first-order valence-corrected chi connectivity index (χ1v) is 7.85. The molecule has 0 spiro atoms. The first-order chi connectivity index (χ1) is 12.6. The van der Waals surface area contributed by atoms with Crippen LogP contribution in [0.25, 0.3) is 22.4 Å². The Morgan fingerprint density at radius 3 is 2.65 bits per heavy atom. The Labute approximate surface area is 146 Å². The van der Waals surface area contributed by atoms with Gasteiger partial charge in [0.1, 0.15) is 17.3 Å². The molecule has 0 bridgehead atoms. The van der Waals surface area contributed by atoms with E-state index in [-0.39, 0.29) is 17.1 Å². The van der Waals surface area contributed by atoms with Crippen molar-refractivity contribution in [1.29, 1.82) is 0 Å². The number of hydrogen-bond donors (Lipinski definition) is 3. The number of aromatic amines is 2. The van der Waals surface area contributed by atoms with Gasteiger partial charge in [0.2, 0.25) is 5.56 Å². The lowest BCUT2D eigenvalue weighted by molar-refractivity contribution is 0.102. The van der Waals surface area contributed by atoms with E-state index in [1.165, 1.54) is 30.3 Å². The van der Waals surface area contributed by atoms with E-state index in [1.807, 2.05) is 0 Å². The first kappa shape index (κ1) is 15.8. The molecule has 0 atom stereocenters. The second-order valence-corrected chi connectivity index (χ2v) is 5.71. The number of aromatic nitrogens is 3. The number of amides is 1. The molecule has 1 amide bonds. The molecule has 2 aromatic carbocycles. The van der Waals surface area contributed by atoms with E-state index >= 15 is 0 Å². The Bertz CT molecular complexity index is 1180. The minimum atomic E-state index is -0.424. The summed E-state index contributed by atoms with van der Waals surface area (Å²) in [7, 11) is 0. The van der Waals surface area contributed by atoms with E-state index in [1.54, 1.807) is 30.3 Å². The average molecular weight is 348 g/mol. The lowest BCUT2D eigenvalue weighted by atomic mass is 10.2. The molecule has 3 N–H and O–H groups in total. The number of halogens is 1. The number of fused-ring (bicyclic) bond motifs is 1. The minimum absolute atomic E-state index is 0.169. The lowest BCUT2D eigenvalue weighted by Gasteiger charge is -2.04. The zero-order valence-corrected chi connectivity index (χ0v) is 13.4. The summed E-state index contributed by atoms with van der Waals surface area (Å²) in [5.74, 6) is -0.227. The Morgan fingerprint density at radius 2 is 1.85 bits per heavy atom. The number of hydrogen-bond acceptors (Lipinski definition) is 3. The third-order valence-electron chi connectivity index (χ3n) is 3.85. The van der Waals surface area contributed by atoms with Crippen molar-refractivity contribution in [1.82, 2.24) is 15.0 Å². The van der Waals surface area contributed by atoms with Gasteiger partial charge < -0.3 is 15.3 Å². The second-order valence-electron chi connectivity index (χ2n) is 5.71. The predicted octanol–water partition coefficient (Wildman–Crippen LogP) is 3.31. The number of H-pyrrole nitrogens is 2. The fourth-order valence-corrected chi connectivity index (χ4v) is 2.64. The van der Waals surface area contributed by atoms with Crippen LogP contribution in [0.5, 0.6) is 0 Å². The van der Waals surface area contributed by atoms with Gasteiger partial charge in [-0.15, -0.1) is 0 Å². The van der Waals surface area contributed by atoms with Crippen molar-refractivity contribution >= 4 is 22.6 Å². The van der Waals surface area contributed by atoms with Crippen LogP contribution in [0.15, 0.2) is 65.5 Å². The quantitative estimate of drug-likeness (QED) is 0.530. The highest BCUT2D eigenvalue weighted by molar-refractivity contribution is 6.03. The molecule has 0 aliphatic carbocycles. The predicted molar refractivity (Wildman–Crippen MR) is 96.5 cm³/mol. The van der Waals surface area contributed by atoms with Crippen LogP contribution in [0, 0.1) is 5.82 Å². The van der Waals surface area contributed by atoms with Crippen LogP contribution >= 0.6 is 0 Å². The van der Waals surface area contributed by atoms with Crippen LogP contribution in [0.1, 0.15) is 10.5 Å². The van der Waals surface area contributed by atoms with Crippen molar-refractivity contribution in [3.63, 3.8) is 0 Å². The molecule has 2 heterocycles. The maximum absolute atomic E-state index is 13.4. The molecule has 4 rings (SSSR count). The first-order valence-electron chi connectivity index (χ1n) is 7.85. The van der Waals surface area contributed by atoms with Crippen LogP contribution in [0.3, 0.4) is 0 Å². The monoisotopic (exact) mass is 348 g/mol. The Hall–Kier alpha value is -3.74. The van der Waals surface area contributed by atoms with Gasteiger partial charge in [0, 0.05) is 17.3 Å². The van der Waals surface area contributed by atoms with Crippen molar-refractivity contribution in [2.75, 3.05) is 5.32 Å². The highest BCUT2D eigenvalue weighted by Crippen LogP contribution is 2.23. The Kier molecular flexibility index (Phi) is 3.81. The molecule has 26 heavy (non-hydrogen) atoms. The fourth-order valence-electron chi connectivity index (χ4n) is 2.64. The van der Waals surface area contributed by atoms with E-state index in [4.69, 9.17) is 0 Å². The highest BCUT2D eigenvalue weighted by atomic mass is 19.1. The molecule has 7 heteroatoms. The van der Waals surface area contributed by atoms with Crippen molar-refractivity contribution in [3.8, 4) is 11.4 Å². The van der Waals surface area contributed by atoms with Gasteiger partial charge in [-0.2, -0.15) is 0 Å². The number of anilines is 1. The third kappa shape index (κ3) is 3.10. The number of carbonyl (C=O) groups excluding carboxylic acids is 1. The van der Waals surface area contributed by atoms with Crippen molar-refractivity contribution < 1.29 is 9.18 Å². The van der Waals surface area contributed by atoms with Gasteiger partial charge in [0.05, 0.1) is 11.0 Å². The number of nitrogens with one attached hydrogen (secondary N) is 3. The second kappa shape index (κ2) is 6.29. The van der Waals surface area contributed by atoms with E-state index in [0.29, 0.717) is 28.1 Å². The number of benzene rings is 2. The van der Waals surface area contributed by atoms with Crippen molar-refractivity contribution in [2.45, 2.75) is 0 Å². The van der Waals surface area contributed by atoms with Gasteiger partial charge in [-0.05, 0) is 36.4 Å². The fraction of sp³-hybridized carbons (Fsp3) is 0. The molecular weight excluding hydrogens is 335 g/mol. The van der Waals surface area contributed by atoms with Crippen LogP contribution in [0.4, 0.5) is 10.1 Å². The Morgan fingerprint density at radius 1 is 1.00 bits per heavy atom. The van der Waals surface area contributed by atoms with Gasteiger partial charge in [-0.25, -0.2) is 9.37 Å². The van der Waals surface area contributed by atoms with E-state index < -0.39 is 5.91 Å². The summed E-state index contributed by atoms with van der Waals surface area (Å²) in [4.78, 5) is 33.5. The summed E-state index contributed by atoms with van der Waals surface area (Å²) in [6, 6.07) is 15.7. The van der Waals surface area contributed by atoms with Crippen LogP contribution in [0.2, 0.25) is 0 Å². The molecule has 0 radical (unpaired) electrons. The van der Waals surface area contributed by atoms with Gasteiger partial charge in [-0.1, -0.05) is 18.2 Å². The van der Waals surface area contributed by atoms with Crippen molar-refractivity contribution in [3.05, 3.63) is 82.5 Å². The SMILES string of the molecule is O=C(Nc1ccc2nc(-c3cccc(F)c3)[nH]c2c1)c1cccc(=O)[nH]1. The summed E-state index contributed by atoms with van der Waals surface area (Å²) in [6.07, 6.45) is 0. The molecule has 2 aromatic heterocycles. The third-order valence-corrected chi connectivity index (χ3v) is 3.85. The van der Waals surface area contributed by atoms with Crippen LogP contribution in [-0.2, 0) is 0 Å². The smallest absolute Gasteiger partial charge is 0.272 e. The number of carbonyl (C=O) groups is 1. The molecule has 0 fully saturated rings. The van der Waals surface area contributed by atoms with Gasteiger partial charge in [-0.3, -0.25) is 9.59 Å². The summed E-state index contributed by atoms with van der Waals surface area (Å²) < 4.78 is 13.4. The minimum Gasteiger partial charge on any atom is -0.338 e. The summed E-state index contributed by atoms with van der Waals surface area (Å²) in [5, 5.41) is 2.72. The molecule has 4 aromatic rings. The standard InChI is InChI=1S/C19H13FN4O2/c20-12-4-1-3-11(9-12)18-23-14-8-7-13(10-16(14)24-18)21-19(26)15-5-2-6-17(25)22-15/h1-10H,(H,21,26)(H,22,25)(H,23,24). The van der Waals surface area contributed by atoms with Crippen molar-refractivity contribution in [2.24, 2.45) is 0 Å². The van der Waals surface area contributed by atoms with Crippen LogP contribution < -0.4 is 10.9 Å². The summed E-state index contributed by atoms with van der Waals surface area (Å²) in [5.41, 5.74) is 2.39. The van der Waals surface area contributed by atoms with E-state index in [9.17, 15) is 14.0 Å². The normalized spacial score (nSPS) is 10.8. The zero-order chi connectivity index (χ0) is 18.1. The largest absolute Gasteiger partial charge is 0.338 e. The zero-order valence-electron chi connectivity index (χ0n) is 13.4. The molecule has 128 valence electrons. The molecule has 0 unspecified atom stereocenters. The number of pyridine rings is 1. The molecule has 0 saturated heterocycles. The summed E-state index contributed by atoms with van der Waals surface area (Å²) >= 11 is 0. The molecular formula is C19H13FN4O2. The van der Waals surface area contributed by atoms with Crippen LogP contribution in [-0.4, -0.2) is 20.9 Å². The number of nitrogens with zero attached hydrogens (tertiary/aromatic N) is 1. The summed E-state index contributed by atoms with van der Waals surface area (Å²) in [6.45, 7) is 0. The number of imidazole rings is 1. The molecule has 0 aliphatic rings. The highest BCUT2D eigenvalue weighted by Gasteiger charge is 2.10. The molecule has 0 aliphatic heterocycles. The van der Waals surface area contributed by atoms with Gasteiger partial charge >= 0.3 is 0 Å².